The highest BCUT2D eigenvalue weighted by atomic mass is 16.5. The first-order chi connectivity index (χ1) is 12.5. The fraction of sp³-hybridized carbons (Fsp3) is 0.353. The quantitative estimate of drug-likeness (QED) is 0.739. The van der Waals surface area contributed by atoms with E-state index in [1.807, 2.05) is 31.2 Å². The molecule has 3 rings (SSSR count). The number of benzene rings is 1. The third-order valence-corrected chi connectivity index (χ3v) is 3.86. The zero-order valence-electron chi connectivity index (χ0n) is 14.4. The van der Waals surface area contributed by atoms with Crippen LogP contribution in [0, 0.1) is 6.92 Å². The number of nitrogens with one attached hydrogen (secondary N) is 1. The van der Waals surface area contributed by atoms with E-state index in [1.54, 1.807) is 0 Å². The first-order valence-electron chi connectivity index (χ1n) is 8.27. The molecule has 0 radical (unpaired) electrons. The van der Waals surface area contributed by atoms with Gasteiger partial charge in [0.15, 0.2) is 12.4 Å². The lowest BCUT2D eigenvalue weighted by Gasteiger charge is -2.14. The van der Waals surface area contributed by atoms with Gasteiger partial charge in [0.05, 0.1) is 0 Å². The summed E-state index contributed by atoms with van der Waals surface area (Å²) in [6.07, 6.45) is 1.25. The van der Waals surface area contributed by atoms with Gasteiger partial charge in [-0.05, 0) is 25.5 Å². The van der Waals surface area contributed by atoms with E-state index in [9.17, 15) is 9.59 Å². The van der Waals surface area contributed by atoms with Gasteiger partial charge < -0.3 is 20.7 Å². The van der Waals surface area contributed by atoms with E-state index in [0.717, 1.165) is 17.7 Å². The maximum atomic E-state index is 11.9. The number of anilines is 3. The molecule has 9 heteroatoms. The average molecular weight is 356 g/mol. The summed E-state index contributed by atoms with van der Waals surface area (Å²) < 4.78 is 5.15. The van der Waals surface area contributed by atoms with Gasteiger partial charge in [0, 0.05) is 18.7 Å². The number of hydrogen-bond acceptors (Lipinski definition) is 8. The Balaban J connectivity index is 1.59. The Labute approximate surface area is 150 Å². The summed E-state index contributed by atoms with van der Waals surface area (Å²) in [7, 11) is 0. The third kappa shape index (κ3) is 4.65. The van der Waals surface area contributed by atoms with Gasteiger partial charge in [-0.2, -0.15) is 15.0 Å². The molecular formula is C17H20N6O3. The largest absolute Gasteiger partial charge is 0.456 e. The van der Waals surface area contributed by atoms with Gasteiger partial charge in [-0.25, -0.2) is 0 Å². The van der Waals surface area contributed by atoms with Crippen LogP contribution in [0.25, 0.3) is 0 Å². The lowest BCUT2D eigenvalue weighted by Crippen LogP contribution is -2.31. The Kier molecular flexibility index (Phi) is 5.26. The van der Waals surface area contributed by atoms with Crippen LogP contribution in [0.3, 0.4) is 0 Å². The minimum Gasteiger partial charge on any atom is -0.456 e. The highest BCUT2D eigenvalue weighted by Crippen LogP contribution is 2.15. The Morgan fingerprint density at radius 3 is 2.73 bits per heavy atom. The Hall–Kier alpha value is -3.23. The fourth-order valence-electron chi connectivity index (χ4n) is 2.54. The number of carbonyl (C=O) groups excluding carboxylic acids is 2. The third-order valence-electron chi connectivity index (χ3n) is 3.86. The van der Waals surface area contributed by atoms with Crippen LogP contribution in [0.5, 0.6) is 0 Å². The molecule has 0 atom stereocenters. The SMILES string of the molecule is Cc1ccc(Nc2nc(N)nc(COC(=O)CN3CCCC3=O)n2)cc1. The van der Waals surface area contributed by atoms with Crippen molar-refractivity contribution in [3.63, 3.8) is 0 Å². The van der Waals surface area contributed by atoms with Crippen molar-refractivity contribution >= 4 is 29.5 Å². The molecular weight excluding hydrogens is 336 g/mol. The van der Waals surface area contributed by atoms with Gasteiger partial charge >= 0.3 is 5.97 Å². The van der Waals surface area contributed by atoms with Gasteiger partial charge in [0.25, 0.3) is 0 Å². The molecule has 1 aliphatic heterocycles. The number of carbonyl (C=O) groups is 2. The Morgan fingerprint density at radius 2 is 2.04 bits per heavy atom. The average Bonchev–Trinajstić information content (AvgIpc) is 2.99. The molecule has 1 aromatic carbocycles. The van der Waals surface area contributed by atoms with Gasteiger partial charge in [-0.15, -0.1) is 0 Å². The second-order valence-corrected chi connectivity index (χ2v) is 6.00. The minimum absolute atomic E-state index is 0.0235. The zero-order chi connectivity index (χ0) is 18.5. The molecule has 0 aliphatic carbocycles. The molecule has 1 aromatic heterocycles. The molecule has 1 saturated heterocycles. The van der Waals surface area contributed by atoms with E-state index >= 15 is 0 Å². The number of amides is 1. The lowest BCUT2D eigenvalue weighted by atomic mass is 10.2. The maximum absolute atomic E-state index is 11.9. The van der Waals surface area contributed by atoms with E-state index in [1.165, 1.54) is 4.90 Å². The highest BCUT2D eigenvalue weighted by Gasteiger charge is 2.23. The topological polar surface area (TPSA) is 123 Å². The standard InChI is InChI=1S/C17H20N6O3/c1-11-4-6-12(7-5-11)19-17-21-13(20-16(18)22-17)10-26-15(25)9-23-8-2-3-14(23)24/h4-7H,2-3,8-10H2,1H3,(H3,18,19,20,21,22). The summed E-state index contributed by atoms with van der Waals surface area (Å²) in [4.78, 5) is 37.1. The van der Waals surface area contributed by atoms with E-state index in [-0.39, 0.29) is 36.8 Å². The molecule has 0 unspecified atom stereocenters. The van der Waals surface area contributed by atoms with Crippen molar-refractivity contribution < 1.29 is 14.3 Å². The van der Waals surface area contributed by atoms with Crippen molar-refractivity contribution in [1.29, 1.82) is 0 Å². The van der Waals surface area contributed by atoms with Crippen molar-refractivity contribution in [1.82, 2.24) is 19.9 Å². The second kappa shape index (κ2) is 7.77. The summed E-state index contributed by atoms with van der Waals surface area (Å²) in [5, 5.41) is 3.03. The molecule has 26 heavy (non-hydrogen) atoms. The molecule has 1 fully saturated rings. The van der Waals surface area contributed by atoms with Gasteiger partial charge in [-0.1, -0.05) is 17.7 Å². The first kappa shape index (κ1) is 17.6. The van der Waals surface area contributed by atoms with Crippen molar-refractivity contribution in [2.24, 2.45) is 0 Å². The number of rotatable bonds is 6. The molecule has 9 nitrogen and oxygen atoms in total. The number of ether oxygens (including phenoxy) is 1. The monoisotopic (exact) mass is 356 g/mol. The Morgan fingerprint density at radius 1 is 1.27 bits per heavy atom. The number of esters is 1. The van der Waals surface area contributed by atoms with Crippen LogP contribution in [-0.4, -0.2) is 44.8 Å². The first-order valence-corrected chi connectivity index (χ1v) is 8.27. The zero-order valence-corrected chi connectivity index (χ0v) is 14.4. The summed E-state index contributed by atoms with van der Waals surface area (Å²) in [5.41, 5.74) is 7.63. The maximum Gasteiger partial charge on any atom is 0.326 e. The molecule has 2 aromatic rings. The number of nitrogen functional groups attached to an aromatic ring is 1. The van der Waals surface area contributed by atoms with Crippen LogP contribution < -0.4 is 11.1 Å². The van der Waals surface area contributed by atoms with Crippen LogP contribution in [0.15, 0.2) is 24.3 Å². The number of likely N-dealkylation sites (tertiary alicyclic amines) is 1. The normalized spacial score (nSPS) is 13.7. The molecule has 0 spiro atoms. The van der Waals surface area contributed by atoms with E-state index in [0.29, 0.717) is 13.0 Å². The van der Waals surface area contributed by atoms with Crippen molar-refractivity contribution in [2.45, 2.75) is 26.4 Å². The predicted molar refractivity (Wildman–Crippen MR) is 94.3 cm³/mol. The Bertz CT molecular complexity index is 809. The highest BCUT2D eigenvalue weighted by molar-refractivity contribution is 5.83. The van der Waals surface area contributed by atoms with Gasteiger partial charge in [-0.3, -0.25) is 9.59 Å². The number of nitrogens with two attached hydrogens (primary N) is 1. The molecule has 0 saturated carbocycles. The van der Waals surface area contributed by atoms with Crippen molar-refractivity contribution in [2.75, 3.05) is 24.1 Å². The van der Waals surface area contributed by atoms with Crippen LogP contribution in [-0.2, 0) is 20.9 Å². The predicted octanol–water partition coefficient (Wildman–Crippen LogP) is 1.17. The van der Waals surface area contributed by atoms with E-state index < -0.39 is 5.97 Å². The fourth-order valence-corrected chi connectivity index (χ4v) is 2.54. The summed E-state index contributed by atoms with van der Waals surface area (Å²) in [6.45, 7) is 2.37. The molecule has 0 bridgehead atoms. The number of hydrogen-bond donors (Lipinski definition) is 2. The number of aryl methyl sites for hydroxylation is 1. The smallest absolute Gasteiger partial charge is 0.326 e. The summed E-state index contributed by atoms with van der Waals surface area (Å²) >= 11 is 0. The number of aromatic nitrogens is 3. The molecule has 136 valence electrons. The van der Waals surface area contributed by atoms with E-state index in [4.69, 9.17) is 10.5 Å². The van der Waals surface area contributed by atoms with E-state index in [2.05, 4.69) is 20.3 Å². The second-order valence-electron chi connectivity index (χ2n) is 6.00. The van der Waals surface area contributed by atoms with Gasteiger partial charge in [0.2, 0.25) is 17.8 Å². The summed E-state index contributed by atoms with van der Waals surface area (Å²) in [6, 6.07) is 7.69. The summed E-state index contributed by atoms with van der Waals surface area (Å²) in [5.74, 6) is -0.0195. The van der Waals surface area contributed by atoms with Crippen molar-refractivity contribution in [3.05, 3.63) is 35.7 Å². The van der Waals surface area contributed by atoms with Crippen LogP contribution in [0.2, 0.25) is 0 Å². The van der Waals surface area contributed by atoms with Crippen LogP contribution in [0.4, 0.5) is 17.6 Å². The minimum atomic E-state index is -0.507. The van der Waals surface area contributed by atoms with Gasteiger partial charge in [0.1, 0.15) is 6.54 Å². The number of nitrogens with zero attached hydrogens (tertiary/aromatic N) is 4. The molecule has 3 N–H and O–H groups in total. The molecule has 1 aliphatic rings. The van der Waals surface area contributed by atoms with Crippen LogP contribution in [0.1, 0.15) is 24.2 Å². The van der Waals surface area contributed by atoms with Crippen LogP contribution >= 0.6 is 0 Å². The van der Waals surface area contributed by atoms with Crippen molar-refractivity contribution in [3.8, 4) is 0 Å². The molecule has 2 heterocycles. The molecule has 1 amide bonds. The lowest BCUT2D eigenvalue weighted by molar-refractivity contribution is -0.149.